The molecular weight excluding hydrogens is 196 g/mol. The molecule has 1 aromatic heterocycles. The third kappa shape index (κ3) is 2.92. The largest absolute Gasteiger partial charge is 0.476 e. The van der Waals surface area contributed by atoms with Crippen molar-refractivity contribution in [3.05, 3.63) is 18.1 Å². The number of anilines is 1. The van der Waals surface area contributed by atoms with Gasteiger partial charge in [0.15, 0.2) is 5.69 Å². The topological polar surface area (TPSA) is 75.1 Å². The van der Waals surface area contributed by atoms with E-state index >= 15 is 0 Å². The molecule has 14 heavy (non-hydrogen) atoms. The van der Waals surface area contributed by atoms with E-state index in [0.717, 1.165) is 6.20 Å². The van der Waals surface area contributed by atoms with E-state index in [1.165, 1.54) is 6.20 Å². The highest BCUT2D eigenvalue weighted by Gasteiger charge is 2.07. The zero-order valence-electron chi connectivity index (χ0n) is 6.94. The van der Waals surface area contributed by atoms with Gasteiger partial charge in [-0.1, -0.05) is 0 Å². The zero-order chi connectivity index (χ0) is 10.6. The number of halogens is 2. The SMILES string of the molecule is O=C(O)c1cncc(NCC(F)F)n1. The lowest BCUT2D eigenvalue weighted by Gasteiger charge is -2.03. The number of carbonyl (C=O) groups is 1. The molecule has 1 rings (SSSR count). The molecule has 0 saturated carbocycles. The van der Waals surface area contributed by atoms with E-state index in [9.17, 15) is 13.6 Å². The van der Waals surface area contributed by atoms with Crippen molar-refractivity contribution in [3.8, 4) is 0 Å². The lowest BCUT2D eigenvalue weighted by atomic mass is 10.4. The van der Waals surface area contributed by atoms with Crippen LogP contribution in [0.1, 0.15) is 10.5 Å². The molecule has 7 heteroatoms. The molecule has 0 aliphatic rings. The molecule has 0 unspecified atom stereocenters. The van der Waals surface area contributed by atoms with Crippen LogP contribution in [0.5, 0.6) is 0 Å². The van der Waals surface area contributed by atoms with Gasteiger partial charge in [0.2, 0.25) is 0 Å². The molecule has 0 radical (unpaired) electrons. The second-order valence-corrected chi connectivity index (χ2v) is 2.37. The number of hydrogen-bond donors (Lipinski definition) is 2. The van der Waals surface area contributed by atoms with Crippen molar-refractivity contribution in [2.45, 2.75) is 6.43 Å². The van der Waals surface area contributed by atoms with Gasteiger partial charge in [0.25, 0.3) is 6.43 Å². The van der Waals surface area contributed by atoms with Gasteiger partial charge in [-0.3, -0.25) is 4.98 Å². The molecule has 1 heterocycles. The van der Waals surface area contributed by atoms with E-state index in [1.54, 1.807) is 0 Å². The maximum atomic E-state index is 11.8. The molecule has 0 bridgehead atoms. The predicted molar refractivity (Wildman–Crippen MR) is 43.5 cm³/mol. The lowest BCUT2D eigenvalue weighted by Crippen LogP contribution is -2.13. The number of carboxylic acids is 1. The monoisotopic (exact) mass is 203 g/mol. The maximum Gasteiger partial charge on any atom is 0.356 e. The minimum absolute atomic E-state index is 0.0187. The summed E-state index contributed by atoms with van der Waals surface area (Å²) >= 11 is 0. The van der Waals surface area contributed by atoms with Gasteiger partial charge in [-0.2, -0.15) is 0 Å². The minimum atomic E-state index is -2.52. The Morgan fingerprint density at radius 3 is 2.86 bits per heavy atom. The number of carboxylic acid groups (broad SMARTS) is 1. The van der Waals surface area contributed by atoms with Crippen LogP contribution in [0.2, 0.25) is 0 Å². The molecule has 0 aromatic carbocycles. The molecule has 2 N–H and O–H groups in total. The molecule has 0 aliphatic carbocycles. The van der Waals surface area contributed by atoms with E-state index < -0.39 is 18.9 Å². The fraction of sp³-hybridized carbons (Fsp3) is 0.286. The van der Waals surface area contributed by atoms with Gasteiger partial charge in [0.1, 0.15) is 5.82 Å². The predicted octanol–water partition coefficient (Wildman–Crippen LogP) is 0.852. The smallest absolute Gasteiger partial charge is 0.356 e. The summed E-state index contributed by atoms with van der Waals surface area (Å²) in [5, 5.41) is 10.8. The van der Waals surface area contributed by atoms with Gasteiger partial charge < -0.3 is 10.4 Å². The third-order valence-corrected chi connectivity index (χ3v) is 1.29. The summed E-state index contributed by atoms with van der Waals surface area (Å²) in [6.45, 7) is -0.586. The Kier molecular flexibility index (Phi) is 3.27. The van der Waals surface area contributed by atoms with Gasteiger partial charge >= 0.3 is 5.97 Å². The van der Waals surface area contributed by atoms with Crippen LogP contribution in [0, 0.1) is 0 Å². The van der Waals surface area contributed by atoms with E-state index in [-0.39, 0.29) is 11.5 Å². The normalized spacial score (nSPS) is 10.2. The number of aromatic nitrogens is 2. The van der Waals surface area contributed by atoms with Gasteiger partial charge in [0.05, 0.1) is 18.9 Å². The maximum absolute atomic E-state index is 11.8. The van der Waals surface area contributed by atoms with Crippen LogP contribution < -0.4 is 5.32 Å². The quantitative estimate of drug-likeness (QED) is 0.758. The first-order valence-electron chi connectivity index (χ1n) is 3.67. The summed E-state index contributed by atoms with van der Waals surface area (Å²) in [5.74, 6) is -1.23. The van der Waals surface area contributed by atoms with Crippen LogP contribution in [0.25, 0.3) is 0 Å². The third-order valence-electron chi connectivity index (χ3n) is 1.29. The van der Waals surface area contributed by atoms with Crippen LogP contribution in [0.15, 0.2) is 12.4 Å². The van der Waals surface area contributed by atoms with Crippen molar-refractivity contribution in [2.24, 2.45) is 0 Å². The summed E-state index contributed by atoms with van der Waals surface area (Å²) in [6, 6.07) is 0. The molecule has 1 aromatic rings. The second kappa shape index (κ2) is 4.45. The van der Waals surface area contributed by atoms with Crippen molar-refractivity contribution in [3.63, 3.8) is 0 Å². The molecule has 5 nitrogen and oxygen atoms in total. The summed E-state index contributed by atoms with van der Waals surface area (Å²) in [5.41, 5.74) is -0.288. The van der Waals surface area contributed by atoms with Crippen LogP contribution in [0.3, 0.4) is 0 Å². The Hall–Kier alpha value is -1.79. The van der Waals surface area contributed by atoms with Gasteiger partial charge in [-0.25, -0.2) is 18.6 Å². The number of rotatable bonds is 4. The minimum Gasteiger partial charge on any atom is -0.476 e. The molecule has 0 saturated heterocycles. The first-order chi connectivity index (χ1) is 6.59. The van der Waals surface area contributed by atoms with E-state index in [1.807, 2.05) is 0 Å². The first-order valence-corrected chi connectivity index (χ1v) is 3.67. The van der Waals surface area contributed by atoms with Crippen molar-refractivity contribution < 1.29 is 18.7 Å². The van der Waals surface area contributed by atoms with E-state index in [2.05, 4.69) is 15.3 Å². The highest BCUT2D eigenvalue weighted by atomic mass is 19.3. The second-order valence-electron chi connectivity index (χ2n) is 2.37. The highest BCUT2D eigenvalue weighted by molar-refractivity contribution is 5.85. The summed E-state index contributed by atoms with van der Waals surface area (Å²) in [7, 11) is 0. The number of nitrogens with zero attached hydrogens (tertiary/aromatic N) is 2. The Morgan fingerprint density at radius 1 is 1.57 bits per heavy atom. The first kappa shape index (κ1) is 10.3. The molecule has 0 amide bonds. The van der Waals surface area contributed by atoms with Crippen molar-refractivity contribution in [1.82, 2.24) is 9.97 Å². The average Bonchev–Trinajstić information content (AvgIpc) is 2.15. The van der Waals surface area contributed by atoms with Gasteiger partial charge in [-0.05, 0) is 0 Å². The molecular formula is C7H7F2N3O2. The Bertz CT molecular complexity index is 332. The Morgan fingerprint density at radius 2 is 2.29 bits per heavy atom. The average molecular weight is 203 g/mol. The van der Waals surface area contributed by atoms with Crippen LogP contribution in [-0.2, 0) is 0 Å². The molecule has 76 valence electrons. The van der Waals surface area contributed by atoms with Crippen LogP contribution >= 0.6 is 0 Å². The van der Waals surface area contributed by atoms with Crippen molar-refractivity contribution in [2.75, 3.05) is 11.9 Å². The van der Waals surface area contributed by atoms with Gasteiger partial charge in [0, 0.05) is 0 Å². The number of hydrogen-bond acceptors (Lipinski definition) is 4. The van der Waals surface area contributed by atoms with E-state index in [4.69, 9.17) is 5.11 Å². The van der Waals surface area contributed by atoms with E-state index in [0.29, 0.717) is 0 Å². The molecule has 0 spiro atoms. The molecule has 0 atom stereocenters. The summed E-state index contributed by atoms with van der Waals surface area (Å²) in [4.78, 5) is 17.5. The summed E-state index contributed by atoms with van der Waals surface area (Å²) < 4.78 is 23.5. The van der Waals surface area contributed by atoms with Crippen LogP contribution in [-0.4, -0.2) is 34.0 Å². The molecule has 0 fully saturated rings. The zero-order valence-corrected chi connectivity index (χ0v) is 6.94. The fourth-order valence-electron chi connectivity index (χ4n) is 0.736. The van der Waals surface area contributed by atoms with Crippen molar-refractivity contribution in [1.29, 1.82) is 0 Å². The van der Waals surface area contributed by atoms with Gasteiger partial charge in [-0.15, -0.1) is 0 Å². The standard InChI is InChI=1S/C7H7F2N3O2/c8-5(9)2-11-6-3-10-1-4(12-6)7(13)14/h1,3,5H,2H2,(H,11,12)(H,13,14). The highest BCUT2D eigenvalue weighted by Crippen LogP contribution is 2.03. The Balaban J connectivity index is 2.69. The van der Waals surface area contributed by atoms with Crippen molar-refractivity contribution >= 4 is 11.8 Å². The lowest BCUT2D eigenvalue weighted by molar-refractivity contribution is 0.0690. The number of aromatic carboxylic acids is 1. The fourth-order valence-corrected chi connectivity index (χ4v) is 0.736. The number of alkyl halides is 2. The summed E-state index contributed by atoms with van der Waals surface area (Å²) in [6.07, 6.45) is -0.310. The molecule has 0 aliphatic heterocycles. The van der Waals surface area contributed by atoms with Crippen LogP contribution in [0.4, 0.5) is 14.6 Å². The Labute approximate surface area is 77.8 Å². The number of nitrogens with one attached hydrogen (secondary N) is 1.